The topological polar surface area (TPSA) is 79.7 Å². The molecular weight excluding hydrogens is 475 g/mol. The minimum Gasteiger partial charge on any atom is -0.507 e. The van der Waals surface area contributed by atoms with E-state index in [1.165, 1.54) is 4.90 Å². The molecule has 172 valence electrons. The molecule has 6 nitrogen and oxygen atoms in total. The number of hydrogen-bond acceptors (Lipinski definition) is 5. The summed E-state index contributed by atoms with van der Waals surface area (Å²) in [5.41, 5.74) is 2.70. The van der Waals surface area contributed by atoms with Gasteiger partial charge in [-0.3, -0.25) is 14.6 Å². The summed E-state index contributed by atoms with van der Waals surface area (Å²) in [4.78, 5) is 31.9. The van der Waals surface area contributed by atoms with Crippen molar-refractivity contribution in [3.8, 4) is 5.75 Å². The highest BCUT2D eigenvalue weighted by Crippen LogP contribution is 2.42. The number of pyridine rings is 1. The quantitative estimate of drug-likeness (QED) is 0.301. The molecule has 2 aliphatic heterocycles. The van der Waals surface area contributed by atoms with Gasteiger partial charge in [0.05, 0.1) is 21.7 Å². The predicted octanol–water partition coefficient (Wildman–Crippen LogP) is 5.33. The summed E-state index contributed by atoms with van der Waals surface area (Å²) in [5, 5.41) is 11.9. The lowest BCUT2D eigenvalue weighted by Gasteiger charge is -2.25. The van der Waals surface area contributed by atoms with E-state index in [9.17, 15) is 14.7 Å². The number of aromatic nitrogens is 1. The van der Waals surface area contributed by atoms with Gasteiger partial charge in [-0.15, -0.1) is 0 Å². The molecule has 1 aromatic heterocycles. The molecule has 2 unspecified atom stereocenters. The minimum atomic E-state index is -0.849. The number of halogens is 2. The first-order chi connectivity index (χ1) is 16.3. The third-order valence-corrected chi connectivity index (χ3v) is 6.78. The van der Waals surface area contributed by atoms with Gasteiger partial charge in [0, 0.05) is 30.9 Å². The van der Waals surface area contributed by atoms with Crippen LogP contribution < -0.4 is 4.74 Å². The Morgan fingerprint density at radius 3 is 2.71 bits per heavy atom. The van der Waals surface area contributed by atoms with Crippen LogP contribution in [0.5, 0.6) is 5.75 Å². The number of carbonyl (C=O) groups excluding carboxylic acids is 2. The largest absolute Gasteiger partial charge is 0.507 e. The van der Waals surface area contributed by atoms with Crippen LogP contribution in [0.2, 0.25) is 10.0 Å². The average Bonchev–Trinajstić information content (AvgIpc) is 3.32. The number of likely N-dealkylation sites (tertiary alicyclic amines) is 1. The number of ether oxygens (including phenoxy) is 1. The van der Waals surface area contributed by atoms with Crippen LogP contribution in [0.4, 0.5) is 0 Å². The predicted molar refractivity (Wildman–Crippen MR) is 129 cm³/mol. The summed E-state index contributed by atoms with van der Waals surface area (Å²) in [5.74, 6) is -0.963. The molecule has 3 aromatic rings. The number of amides is 1. The second-order valence-corrected chi connectivity index (χ2v) is 9.23. The van der Waals surface area contributed by atoms with Crippen molar-refractivity contribution < 1.29 is 19.4 Å². The Balaban J connectivity index is 1.65. The van der Waals surface area contributed by atoms with Crippen LogP contribution in [0.15, 0.2) is 66.5 Å². The Bertz CT molecular complexity index is 1340. The molecule has 0 bridgehead atoms. The van der Waals surface area contributed by atoms with Gasteiger partial charge in [0.15, 0.2) is 0 Å². The number of hydrogen-bond donors (Lipinski definition) is 1. The Morgan fingerprint density at radius 1 is 1.15 bits per heavy atom. The molecule has 0 saturated carbocycles. The van der Waals surface area contributed by atoms with Crippen LogP contribution in [-0.4, -0.2) is 32.8 Å². The SMILES string of the molecule is CC1Cc2cc(/C(O)=C3\C(=O)C(=O)N(Cc4cccnc4)C3c3ccc(Cl)c(Cl)c3)ccc2O1. The number of ketones is 1. The van der Waals surface area contributed by atoms with Crippen molar-refractivity contribution in [3.63, 3.8) is 0 Å². The number of rotatable bonds is 4. The molecule has 2 atom stereocenters. The molecule has 1 N–H and O–H groups in total. The fourth-order valence-corrected chi connectivity index (χ4v) is 4.79. The molecule has 1 fully saturated rings. The number of fused-ring (bicyclic) bond motifs is 1. The average molecular weight is 495 g/mol. The standard InChI is InChI=1S/C26H20Cl2N2O4/c1-14-9-18-10-17(5-7-21(18)34-14)24(31)22-23(16-4-6-19(27)20(28)11-16)30(26(33)25(22)32)13-15-3-2-8-29-12-15/h2-8,10-12,14,23,31H,9,13H2,1H3/b24-22+. The molecule has 2 aliphatic rings. The van der Waals surface area contributed by atoms with Crippen molar-refractivity contribution in [2.75, 3.05) is 0 Å². The number of nitrogens with zero attached hydrogens (tertiary/aromatic N) is 2. The van der Waals surface area contributed by atoms with E-state index in [4.69, 9.17) is 27.9 Å². The van der Waals surface area contributed by atoms with Crippen LogP contribution in [0.25, 0.3) is 5.76 Å². The number of Topliss-reactive ketones (excluding diaryl/α,β-unsaturated/α-hetero) is 1. The van der Waals surface area contributed by atoms with Crippen molar-refractivity contribution in [2.24, 2.45) is 0 Å². The summed E-state index contributed by atoms with van der Waals surface area (Å²) in [6.45, 7) is 2.10. The Kier molecular flexibility index (Phi) is 5.80. The molecule has 2 aromatic carbocycles. The Morgan fingerprint density at radius 2 is 1.97 bits per heavy atom. The molecule has 0 aliphatic carbocycles. The monoisotopic (exact) mass is 494 g/mol. The molecule has 3 heterocycles. The van der Waals surface area contributed by atoms with E-state index in [1.54, 1.807) is 54.9 Å². The van der Waals surface area contributed by atoms with E-state index < -0.39 is 17.7 Å². The van der Waals surface area contributed by atoms with Gasteiger partial charge in [0.2, 0.25) is 0 Å². The van der Waals surface area contributed by atoms with Crippen LogP contribution in [-0.2, 0) is 22.6 Å². The fraction of sp³-hybridized carbons (Fsp3) is 0.192. The van der Waals surface area contributed by atoms with E-state index in [0.717, 1.165) is 16.9 Å². The summed E-state index contributed by atoms with van der Waals surface area (Å²) in [6.07, 6.45) is 4.00. The maximum absolute atomic E-state index is 13.2. The van der Waals surface area contributed by atoms with Gasteiger partial charge in [-0.1, -0.05) is 35.3 Å². The zero-order valence-electron chi connectivity index (χ0n) is 18.2. The molecule has 1 saturated heterocycles. The maximum Gasteiger partial charge on any atom is 0.295 e. The molecule has 1 amide bonds. The van der Waals surface area contributed by atoms with Crippen LogP contribution in [0, 0.1) is 0 Å². The number of aliphatic hydroxyl groups excluding tert-OH is 1. The minimum absolute atomic E-state index is 0.000747. The Hall–Kier alpha value is -3.35. The maximum atomic E-state index is 13.2. The first-order valence-corrected chi connectivity index (χ1v) is 11.5. The zero-order chi connectivity index (χ0) is 24.0. The molecule has 8 heteroatoms. The van der Waals surface area contributed by atoms with E-state index in [-0.39, 0.29) is 29.0 Å². The summed E-state index contributed by atoms with van der Waals surface area (Å²) in [7, 11) is 0. The van der Waals surface area contributed by atoms with Gasteiger partial charge in [-0.25, -0.2) is 0 Å². The normalized spacial score (nSPS) is 21.0. The van der Waals surface area contributed by atoms with Gasteiger partial charge < -0.3 is 14.7 Å². The van der Waals surface area contributed by atoms with Crippen molar-refractivity contribution in [1.29, 1.82) is 0 Å². The van der Waals surface area contributed by atoms with Crippen molar-refractivity contribution in [1.82, 2.24) is 9.88 Å². The van der Waals surface area contributed by atoms with Gasteiger partial charge >= 0.3 is 0 Å². The molecular formula is C26H20Cl2N2O4. The Labute approximate surface area is 206 Å². The fourth-order valence-electron chi connectivity index (χ4n) is 4.49. The summed E-state index contributed by atoms with van der Waals surface area (Å²) < 4.78 is 5.74. The van der Waals surface area contributed by atoms with Gasteiger partial charge in [-0.2, -0.15) is 0 Å². The summed E-state index contributed by atoms with van der Waals surface area (Å²) >= 11 is 12.4. The van der Waals surface area contributed by atoms with E-state index in [2.05, 4.69) is 4.98 Å². The highest BCUT2D eigenvalue weighted by Gasteiger charge is 2.46. The zero-order valence-corrected chi connectivity index (χ0v) is 19.7. The van der Waals surface area contributed by atoms with Crippen molar-refractivity contribution in [3.05, 3.63) is 98.8 Å². The molecule has 0 spiro atoms. The lowest BCUT2D eigenvalue weighted by atomic mass is 9.94. The highest BCUT2D eigenvalue weighted by atomic mass is 35.5. The smallest absolute Gasteiger partial charge is 0.295 e. The lowest BCUT2D eigenvalue weighted by molar-refractivity contribution is -0.140. The van der Waals surface area contributed by atoms with Crippen molar-refractivity contribution >= 4 is 40.7 Å². The first kappa shape index (κ1) is 22.4. The number of carbonyl (C=O) groups is 2. The van der Waals surface area contributed by atoms with Gasteiger partial charge in [-0.05, 0) is 60.0 Å². The second-order valence-electron chi connectivity index (χ2n) is 8.42. The van der Waals surface area contributed by atoms with Crippen LogP contribution >= 0.6 is 23.2 Å². The first-order valence-electron chi connectivity index (χ1n) is 10.8. The lowest BCUT2D eigenvalue weighted by Crippen LogP contribution is -2.29. The second kappa shape index (κ2) is 8.78. The molecule has 0 radical (unpaired) electrons. The highest BCUT2D eigenvalue weighted by molar-refractivity contribution is 6.46. The third-order valence-electron chi connectivity index (χ3n) is 6.04. The van der Waals surface area contributed by atoms with Gasteiger partial charge in [0.1, 0.15) is 17.6 Å². The van der Waals surface area contributed by atoms with Crippen molar-refractivity contribution in [2.45, 2.75) is 32.0 Å². The van der Waals surface area contributed by atoms with Crippen LogP contribution in [0.1, 0.15) is 35.2 Å². The van der Waals surface area contributed by atoms with Gasteiger partial charge in [0.25, 0.3) is 11.7 Å². The van der Waals surface area contributed by atoms with E-state index in [0.29, 0.717) is 22.6 Å². The van der Waals surface area contributed by atoms with E-state index in [1.807, 2.05) is 13.0 Å². The number of benzene rings is 2. The van der Waals surface area contributed by atoms with Crippen LogP contribution in [0.3, 0.4) is 0 Å². The van der Waals surface area contributed by atoms with E-state index >= 15 is 0 Å². The number of aliphatic hydroxyl groups is 1. The third kappa shape index (κ3) is 3.93. The summed E-state index contributed by atoms with van der Waals surface area (Å²) in [6, 6.07) is 12.9. The molecule has 34 heavy (non-hydrogen) atoms. The molecule has 5 rings (SSSR count).